The molecular weight excluding hydrogens is 389 g/mol. The molecule has 5 nitrogen and oxygen atoms in total. The van der Waals surface area contributed by atoms with E-state index in [2.05, 4.69) is 15.6 Å². The summed E-state index contributed by atoms with van der Waals surface area (Å²) in [5.74, 6) is -0.507. The molecule has 28 heavy (non-hydrogen) atoms. The van der Waals surface area contributed by atoms with Crippen molar-refractivity contribution in [2.24, 2.45) is 0 Å². The third-order valence-electron chi connectivity index (χ3n) is 3.82. The second-order valence-corrected chi connectivity index (χ2v) is 6.07. The Balaban J connectivity index is 1.79. The third kappa shape index (κ3) is 4.07. The van der Waals surface area contributed by atoms with Crippen LogP contribution in [0.15, 0.2) is 54.7 Å². The number of fused-ring (bicyclic) bond motifs is 1. The highest BCUT2D eigenvalue weighted by Crippen LogP contribution is 2.32. The van der Waals surface area contributed by atoms with E-state index in [1.165, 1.54) is 6.07 Å². The number of pyridine rings is 1. The highest BCUT2D eigenvalue weighted by Gasteiger charge is 2.34. The SMILES string of the molecule is N#Cc1ncc(NC(=S)NC(=O)c2cccc3ccccc23)cc1C(F)(F)F. The first-order valence-corrected chi connectivity index (χ1v) is 8.28. The van der Waals surface area contributed by atoms with Crippen molar-refractivity contribution in [1.29, 1.82) is 5.26 Å². The highest BCUT2D eigenvalue weighted by atomic mass is 32.1. The van der Waals surface area contributed by atoms with Crippen LogP contribution < -0.4 is 10.6 Å². The Bertz CT molecular complexity index is 1120. The van der Waals surface area contributed by atoms with Gasteiger partial charge in [-0.3, -0.25) is 10.1 Å². The van der Waals surface area contributed by atoms with Crippen molar-refractivity contribution in [1.82, 2.24) is 10.3 Å². The molecule has 0 spiro atoms. The maximum absolute atomic E-state index is 13.0. The van der Waals surface area contributed by atoms with E-state index in [0.717, 1.165) is 11.6 Å². The van der Waals surface area contributed by atoms with Gasteiger partial charge in [0.2, 0.25) is 0 Å². The van der Waals surface area contributed by atoms with Gasteiger partial charge in [-0.1, -0.05) is 36.4 Å². The van der Waals surface area contributed by atoms with Crippen LogP contribution in [0.2, 0.25) is 0 Å². The lowest BCUT2D eigenvalue weighted by atomic mass is 10.0. The zero-order valence-corrected chi connectivity index (χ0v) is 14.9. The number of hydrogen-bond acceptors (Lipinski definition) is 4. The number of alkyl halides is 3. The molecule has 9 heteroatoms. The molecule has 0 fully saturated rings. The number of anilines is 1. The van der Waals surface area contributed by atoms with E-state index in [1.54, 1.807) is 24.3 Å². The molecular formula is C19H11F3N4OS. The van der Waals surface area contributed by atoms with E-state index in [9.17, 15) is 18.0 Å². The van der Waals surface area contributed by atoms with Gasteiger partial charge in [0.1, 0.15) is 6.07 Å². The number of aromatic nitrogens is 1. The minimum absolute atomic E-state index is 0.102. The first-order chi connectivity index (χ1) is 13.3. The molecule has 1 amide bonds. The number of hydrogen-bond donors (Lipinski definition) is 2. The summed E-state index contributed by atoms with van der Waals surface area (Å²) in [6, 6.07) is 14.5. The standard InChI is InChI=1S/C19H11F3N4OS/c20-19(21,22)15-8-12(10-24-16(15)9-23)25-18(28)26-17(27)14-7-3-5-11-4-1-2-6-13(11)14/h1-8,10H,(H2,25,26,27,28). The van der Waals surface area contributed by atoms with Crippen LogP contribution in [0, 0.1) is 11.3 Å². The first-order valence-electron chi connectivity index (χ1n) is 7.87. The molecule has 0 radical (unpaired) electrons. The maximum Gasteiger partial charge on any atom is 0.419 e. The number of nitrogens with zero attached hydrogens (tertiary/aromatic N) is 2. The van der Waals surface area contributed by atoms with Crippen molar-refractivity contribution in [2.45, 2.75) is 6.18 Å². The number of nitriles is 1. The van der Waals surface area contributed by atoms with Crippen LogP contribution in [0.3, 0.4) is 0 Å². The molecule has 0 bridgehead atoms. The fourth-order valence-electron chi connectivity index (χ4n) is 2.59. The van der Waals surface area contributed by atoms with Gasteiger partial charge in [-0.05, 0) is 35.1 Å². The summed E-state index contributed by atoms with van der Waals surface area (Å²) in [7, 11) is 0. The van der Waals surface area contributed by atoms with E-state index in [4.69, 9.17) is 17.5 Å². The maximum atomic E-state index is 13.0. The lowest BCUT2D eigenvalue weighted by Gasteiger charge is -2.13. The number of thiocarbonyl (C=S) groups is 1. The van der Waals surface area contributed by atoms with Gasteiger partial charge in [-0.25, -0.2) is 4.98 Å². The van der Waals surface area contributed by atoms with Gasteiger partial charge in [0.05, 0.1) is 17.4 Å². The molecule has 0 aliphatic carbocycles. The Morgan fingerprint density at radius 3 is 2.57 bits per heavy atom. The zero-order valence-electron chi connectivity index (χ0n) is 14.0. The van der Waals surface area contributed by atoms with Crippen molar-refractivity contribution in [3.63, 3.8) is 0 Å². The largest absolute Gasteiger partial charge is 0.419 e. The smallest absolute Gasteiger partial charge is 0.331 e. The molecule has 1 heterocycles. The Labute approximate surface area is 162 Å². The quantitative estimate of drug-likeness (QED) is 0.629. The number of nitrogens with one attached hydrogen (secondary N) is 2. The van der Waals surface area contributed by atoms with Crippen molar-refractivity contribution in [3.05, 3.63) is 71.5 Å². The van der Waals surface area contributed by atoms with Crippen molar-refractivity contribution in [3.8, 4) is 6.07 Å². The van der Waals surface area contributed by atoms with Gasteiger partial charge >= 0.3 is 6.18 Å². The number of amides is 1. The first kappa shape index (κ1) is 19.3. The van der Waals surface area contributed by atoms with Crippen LogP contribution in [0.1, 0.15) is 21.6 Å². The predicted molar refractivity (Wildman–Crippen MR) is 102 cm³/mol. The van der Waals surface area contributed by atoms with Crippen LogP contribution in [0.25, 0.3) is 10.8 Å². The van der Waals surface area contributed by atoms with Gasteiger partial charge in [0.15, 0.2) is 10.8 Å². The third-order valence-corrected chi connectivity index (χ3v) is 4.02. The summed E-state index contributed by atoms with van der Waals surface area (Å²) in [5.41, 5.74) is -1.67. The van der Waals surface area contributed by atoms with E-state index in [0.29, 0.717) is 17.0 Å². The second kappa shape index (κ2) is 7.62. The average Bonchev–Trinajstić information content (AvgIpc) is 2.66. The van der Waals surface area contributed by atoms with Gasteiger partial charge in [0, 0.05) is 5.56 Å². The monoisotopic (exact) mass is 400 g/mol. The molecule has 3 aromatic rings. The summed E-state index contributed by atoms with van der Waals surface area (Å²) in [5, 5.41) is 15.1. The van der Waals surface area contributed by atoms with Crippen molar-refractivity contribution >= 4 is 39.7 Å². The summed E-state index contributed by atoms with van der Waals surface area (Å²) in [6.45, 7) is 0. The topological polar surface area (TPSA) is 77.8 Å². The van der Waals surface area contributed by atoms with Gasteiger partial charge in [-0.15, -0.1) is 0 Å². The minimum Gasteiger partial charge on any atom is -0.331 e. The van der Waals surface area contributed by atoms with Crippen molar-refractivity contribution < 1.29 is 18.0 Å². The molecule has 0 aliphatic heterocycles. The number of rotatable bonds is 2. The highest BCUT2D eigenvalue weighted by molar-refractivity contribution is 7.80. The molecule has 1 aromatic heterocycles. The fourth-order valence-corrected chi connectivity index (χ4v) is 2.81. The molecule has 0 saturated carbocycles. The van der Waals surface area contributed by atoms with Crippen LogP contribution in [0.4, 0.5) is 18.9 Å². The van der Waals surface area contributed by atoms with E-state index >= 15 is 0 Å². The fraction of sp³-hybridized carbons (Fsp3) is 0.0526. The summed E-state index contributed by atoms with van der Waals surface area (Å²) >= 11 is 5.02. The lowest BCUT2D eigenvalue weighted by molar-refractivity contribution is -0.138. The molecule has 140 valence electrons. The van der Waals surface area contributed by atoms with Gasteiger partial charge in [-0.2, -0.15) is 18.4 Å². The van der Waals surface area contributed by atoms with Crippen molar-refractivity contribution in [2.75, 3.05) is 5.32 Å². The lowest BCUT2D eigenvalue weighted by Crippen LogP contribution is -2.34. The molecule has 2 aromatic carbocycles. The number of halogens is 3. The van der Waals surface area contributed by atoms with Gasteiger partial charge in [0.25, 0.3) is 5.91 Å². The van der Waals surface area contributed by atoms with E-state index < -0.39 is 23.3 Å². The number of benzene rings is 2. The molecule has 0 unspecified atom stereocenters. The minimum atomic E-state index is -4.75. The van der Waals surface area contributed by atoms with Crippen LogP contribution in [-0.2, 0) is 6.18 Å². The van der Waals surface area contributed by atoms with Crippen LogP contribution in [-0.4, -0.2) is 16.0 Å². The normalized spacial score (nSPS) is 10.9. The average molecular weight is 400 g/mol. The summed E-state index contributed by atoms with van der Waals surface area (Å²) in [4.78, 5) is 16.0. The van der Waals surface area contributed by atoms with E-state index in [-0.39, 0.29) is 10.8 Å². The number of carbonyl (C=O) groups is 1. The summed E-state index contributed by atoms with van der Waals surface area (Å²) < 4.78 is 39.0. The Hall–Kier alpha value is -3.51. The molecule has 3 rings (SSSR count). The summed E-state index contributed by atoms with van der Waals surface area (Å²) in [6.07, 6.45) is -3.71. The van der Waals surface area contributed by atoms with E-state index in [1.807, 2.05) is 18.2 Å². The van der Waals surface area contributed by atoms with Gasteiger partial charge < -0.3 is 5.32 Å². The number of carbonyl (C=O) groups excluding carboxylic acids is 1. The van der Waals surface area contributed by atoms with Crippen LogP contribution >= 0.6 is 12.2 Å². The molecule has 2 N–H and O–H groups in total. The molecule has 0 atom stereocenters. The Morgan fingerprint density at radius 2 is 1.86 bits per heavy atom. The predicted octanol–water partition coefficient (Wildman–Crippen LogP) is 4.25. The molecule has 0 saturated heterocycles. The second-order valence-electron chi connectivity index (χ2n) is 5.66. The Kier molecular flexibility index (Phi) is 5.24. The molecule has 0 aliphatic rings. The Morgan fingerprint density at radius 1 is 1.14 bits per heavy atom. The zero-order chi connectivity index (χ0) is 20.3. The van der Waals surface area contributed by atoms with Crippen LogP contribution in [0.5, 0.6) is 0 Å².